The molecule has 192 valence electrons. The molecule has 0 bridgehead atoms. The summed E-state index contributed by atoms with van der Waals surface area (Å²) in [5.74, 6) is -1.000. The molecule has 3 rings (SSSR count). The van der Waals surface area contributed by atoms with Crippen molar-refractivity contribution in [2.75, 3.05) is 19.0 Å². The highest BCUT2D eigenvalue weighted by molar-refractivity contribution is 6.31. The third-order valence-electron chi connectivity index (χ3n) is 4.93. The van der Waals surface area contributed by atoms with E-state index in [1.807, 2.05) is 0 Å². The maximum Gasteiger partial charge on any atom is 0.407 e. The highest BCUT2D eigenvalue weighted by Crippen LogP contribution is 2.31. The summed E-state index contributed by atoms with van der Waals surface area (Å²) in [6.45, 7) is 4.99. The molecule has 12 heteroatoms. The normalized spacial score (nSPS) is 12.2. The molecule has 36 heavy (non-hydrogen) atoms. The summed E-state index contributed by atoms with van der Waals surface area (Å²) in [5.41, 5.74) is 0.545. The van der Waals surface area contributed by atoms with Crippen LogP contribution in [0.25, 0.3) is 10.9 Å². The minimum absolute atomic E-state index is 0.0374. The van der Waals surface area contributed by atoms with Gasteiger partial charge in [0.05, 0.1) is 23.3 Å². The Kier molecular flexibility index (Phi) is 8.49. The molecule has 10 nitrogen and oxygen atoms in total. The molecule has 0 saturated heterocycles. The number of benzene rings is 2. The molecule has 0 aliphatic heterocycles. The van der Waals surface area contributed by atoms with Gasteiger partial charge in [-0.05, 0) is 39.0 Å². The van der Waals surface area contributed by atoms with Gasteiger partial charge in [-0.3, -0.25) is 10.1 Å². The Bertz CT molecular complexity index is 1270. The van der Waals surface area contributed by atoms with Crippen LogP contribution in [0, 0.1) is 5.82 Å². The highest BCUT2D eigenvalue weighted by Gasteiger charge is 2.22. The molecular weight excluding hydrogens is 493 g/mol. The van der Waals surface area contributed by atoms with E-state index in [4.69, 9.17) is 21.1 Å². The zero-order chi connectivity index (χ0) is 26.5. The molecule has 4 N–H and O–H groups in total. The van der Waals surface area contributed by atoms with Gasteiger partial charge in [-0.2, -0.15) is 0 Å². The first-order valence-electron chi connectivity index (χ1n) is 10.9. The van der Waals surface area contributed by atoms with E-state index in [2.05, 4.69) is 25.9 Å². The Labute approximate surface area is 212 Å². The van der Waals surface area contributed by atoms with E-state index < -0.39 is 29.5 Å². The average Bonchev–Trinajstić information content (AvgIpc) is 2.80. The number of carbonyl (C=O) groups excluding carboxylic acids is 1. The van der Waals surface area contributed by atoms with Crippen molar-refractivity contribution >= 4 is 46.1 Å². The average molecular weight is 520 g/mol. The van der Waals surface area contributed by atoms with Crippen molar-refractivity contribution < 1.29 is 28.6 Å². The van der Waals surface area contributed by atoms with Gasteiger partial charge in [0.1, 0.15) is 29.5 Å². The van der Waals surface area contributed by atoms with Gasteiger partial charge in [-0.25, -0.2) is 19.2 Å². The fourth-order valence-electron chi connectivity index (χ4n) is 3.26. The number of carboxylic acids is 1. The van der Waals surface area contributed by atoms with Gasteiger partial charge in [0.25, 0.3) is 0 Å². The Balaban J connectivity index is 1.83. The number of halogens is 2. The van der Waals surface area contributed by atoms with E-state index >= 15 is 0 Å². The van der Waals surface area contributed by atoms with E-state index in [9.17, 15) is 19.1 Å². The number of carbonyl (C=O) groups is 2. The molecule has 0 spiro atoms. The summed E-state index contributed by atoms with van der Waals surface area (Å²) in [4.78, 5) is 32.1. The van der Waals surface area contributed by atoms with Gasteiger partial charge in [0.2, 0.25) is 0 Å². The third-order valence-corrected chi connectivity index (χ3v) is 5.22. The van der Waals surface area contributed by atoms with Gasteiger partial charge in [0, 0.05) is 30.1 Å². The van der Waals surface area contributed by atoms with Crippen molar-refractivity contribution in [3.8, 4) is 5.75 Å². The minimum Gasteiger partial charge on any atom is -0.496 e. The van der Waals surface area contributed by atoms with Gasteiger partial charge in [-0.1, -0.05) is 17.7 Å². The van der Waals surface area contributed by atoms with Crippen LogP contribution >= 0.6 is 11.6 Å². The van der Waals surface area contributed by atoms with E-state index in [1.54, 1.807) is 39.0 Å². The minimum atomic E-state index is -1.16. The lowest BCUT2D eigenvalue weighted by atomic mass is 10.1. The summed E-state index contributed by atoms with van der Waals surface area (Å²) < 4.78 is 25.0. The number of carboxylic acid groups (broad SMARTS) is 1. The number of nitrogens with zero attached hydrogens (tertiary/aromatic N) is 2. The van der Waals surface area contributed by atoms with Crippen molar-refractivity contribution in [3.05, 3.63) is 53.1 Å². The molecular formula is C24H27ClFN5O5. The summed E-state index contributed by atoms with van der Waals surface area (Å²) in [6.07, 6.45) is 0.604. The predicted octanol–water partition coefficient (Wildman–Crippen LogP) is 4.24. The molecule has 0 saturated carbocycles. The summed E-state index contributed by atoms with van der Waals surface area (Å²) in [5, 5.41) is 18.4. The molecule has 1 aromatic heterocycles. The highest BCUT2D eigenvalue weighted by atomic mass is 35.5. The van der Waals surface area contributed by atoms with Crippen LogP contribution in [0.3, 0.4) is 0 Å². The first-order valence-corrected chi connectivity index (χ1v) is 11.3. The first-order chi connectivity index (χ1) is 17.0. The van der Waals surface area contributed by atoms with Gasteiger partial charge >= 0.3 is 12.1 Å². The molecule has 3 aromatic rings. The van der Waals surface area contributed by atoms with Crippen molar-refractivity contribution in [1.82, 2.24) is 20.6 Å². The van der Waals surface area contributed by atoms with Crippen LogP contribution in [-0.4, -0.2) is 52.4 Å². The van der Waals surface area contributed by atoms with Crippen LogP contribution in [0.4, 0.5) is 20.7 Å². The molecule has 1 atom stereocenters. The maximum absolute atomic E-state index is 14.4. The fraction of sp³-hybridized carbons (Fsp3) is 0.333. The lowest BCUT2D eigenvalue weighted by Crippen LogP contribution is -2.46. The number of anilines is 2. The second kappa shape index (κ2) is 11.4. The zero-order valence-corrected chi connectivity index (χ0v) is 20.9. The van der Waals surface area contributed by atoms with Crippen LogP contribution in [-0.2, 0) is 16.1 Å². The van der Waals surface area contributed by atoms with Gasteiger partial charge in [-0.15, -0.1) is 0 Å². The van der Waals surface area contributed by atoms with Crippen LogP contribution in [0.15, 0.2) is 36.7 Å². The second-order valence-electron chi connectivity index (χ2n) is 8.78. The van der Waals surface area contributed by atoms with E-state index in [0.717, 1.165) is 0 Å². The summed E-state index contributed by atoms with van der Waals surface area (Å²) in [7, 11) is 1.48. The van der Waals surface area contributed by atoms with Crippen LogP contribution in [0.1, 0.15) is 26.3 Å². The third kappa shape index (κ3) is 6.92. The quantitative estimate of drug-likeness (QED) is 0.327. The van der Waals surface area contributed by atoms with Crippen molar-refractivity contribution in [1.29, 1.82) is 0 Å². The predicted molar refractivity (Wildman–Crippen MR) is 133 cm³/mol. The molecule has 0 aliphatic rings. The second-order valence-corrected chi connectivity index (χ2v) is 9.19. The Morgan fingerprint density at radius 2 is 1.97 bits per heavy atom. The number of hydrogen-bond donors (Lipinski definition) is 4. The molecule has 0 fully saturated rings. The Hall–Kier alpha value is -3.70. The number of nitrogens with one attached hydrogen (secondary N) is 3. The Morgan fingerprint density at radius 3 is 2.64 bits per heavy atom. The fourth-order valence-corrected chi connectivity index (χ4v) is 3.44. The monoisotopic (exact) mass is 519 g/mol. The van der Waals surface area contributed by atoms with Crippen molar-refractivity contribution in [2.45, 2.75) is 39.0 Å². The maximum atomic E-state index is 14.4. The number of aromatic nitrogens is 2. The molecule has 2 aromatic carbocycles. The number of ether oxygens (including phenoxy) is 2. The SMILES string of the molecule is COc1cc2ncnc(Nc3cccc(Cl)c3F)c2cc1CN[C@@H](CNC(=O)OC(C)(C)C)C(=O)O. The van der Waals surface area contributed by atoms with Crippen molar-refractivity contribution in [3.63, 3.8) is 0 Å². The topological polar surface area (TPSA) is 135 Å². The molecule has 0 radical (unpaired) electrons. The van der Waals surface area contributed by atoms with Gasteiger partial charge < -0.3 is 25.2 Å². The van der Waals surface area contributed by atoms with Crippen LogP contribution in [0.2, 0.25) is 5.02 Å². The first kappa shape index (κ1) is 26.9. The number of amides is 1. The molecule has 1 heterocycles. The summed E-state index contributed by atoms with van der Waals surface area (Å²) >= 11 is 5.88. The van der Waals surface area contributed by atoms with E-state index in [1.165, 1.54) is 25.6 Å². The van der Waals surface area contributed by atoms with Crippen LogP contribution < -0.4 is 20.7 Å². The molecule has 0 unspecified atom stereocenters. The number of hydrogen-bond acceptors (Lipinski definition) is 8. The van der Waals surface area contributed by atoms with Crippen molar-refractivity contribution in [2.24, 2.45) is 0 Å². The van der Waals surface area contributed by atoms with Crippen LogP contribution in [0.5, 0.6) is 5.75 Å². The number of alkyl carbamates (subject to hydrolysis) is 1. The number of methoxy groups -OCH3 is 1. The number of rotatable bonds is 9. The van der Waals surface area contributed by atoms with Gasteiger partial charge in [0.15, 0.2) is 5.82 Å². The number of fused-ring (bicyclic) bond motifs is 1. The lowest BCUT2D eigenvalue weighted by Gasteiger charge is -2.21. The lowest BCUT2D eigenvalue weighted by molar-refractivity contribution is -0.139. The smallest absolute Gasteiger partial charge is 0.407 e. The number of aliphatic carboxylic acids is 1. The summed E-state index contributed by atoms with van der Waals surface area (Å²) in [6, 6.07) is 6.84. The zero-order valence-electron chi connectivity index (χ0n) is 20.2. The largest absolute Gasteiger partial charge is 0.496 e. The van der Waals surface area contributed by atoms with E-state index in [0.29, 0.717) is 28.0 Å². The standard InChI is InChI=1S/C24H27ClFN5O5/c1-24(2,3)36-23(34)28-11-18(22(32)33)27-10-13-8-14-17(9-19(13)35-4)29-12-30-21(14)31-16-7-5-6-15(25)20(16)26/h5-9,12,18,27H,10-11H2,1-4H3,(H,28,34)(H,32,33)(H,29,30,31)/t18-/m0/s1. The van der Waals surface area contributed by atoms with E-state index in [-0.39, 0.29) is 23.8 Å². The Morgan fingerprint density at radius 1 is 1.22 bits per heavy atom. The molecule has 1 amide bonds. The molecule has 0 aliphatic carbocycles.